The molecule has 2 aromatic rings. The lowest BCUT2D eigenvalue weighted by molar-refractivity contribution is -0.384. The van der Waals surface area contributed by atoms with Crippen LogP contribution in [0.3, 0.4) is 0 Å². The number of benzene rings is 2. The van der Waals surface area contributed by atoms with Crippen molar-refractivity contribution in [3.63, 3.8) is 0 Å². The van der Waals surface area contributed by atoms with Crippen molar-refractivity contribution in [1.82, 2.24) is 5.32 Å². The highest BCUT2D eigenvalue weighted by molar-refractivity contribution is 6.32. The number of rotatable bonds is 4. The molecular formula is C16H14ClN3O4. The molecule has 0 radical (unpaired) electrons. The summed E-state index contributed by atoms with van der Waals surface area (Å²) in [6.45, 7) is 0.330. The van der Waals surface area contributed by atoms with Gasteiger partial charge in [0.2, 0.25) is 0 Å². The monoisotopic (exact) mass is 347 g/mol. The third-order valence-electron chi connectivity index (χ3n) is 3.60. The molecule has 3 rings (SSSR count). The first kappa shape index (κ1) is 16.1. The number of anilines is 1. The van der Waals surface area contributed by atoms with Gasteiger partial charge in [-0.1, -0.05) is 29.8 Å². The maximum absolute atomic E-state index is 11.9. The molecule has 2 N–H and O–H groups in total. The summed E-state index contributed by atoms with van der Waals surface area (Å²) < 4.78 is 5.72. The Kier molecular flexibility index (Phi) is 4.52. The normalized spacial score (nSPS) is 15.3. The first-order chi connectivity index (χ1) is 11.5. The van der Waals surface area contributed by atoms with Crippen LogP contribution in [-0.4, -0.2) is 23.6 Å². The predicted molar refractivity (Wildman–Crippen MR) is 89.7 cm³/mol. The van der Waals surface area contributed by atoms with Gasteiger partial charge < -0.3 is 15.4 Å². The number of ether oxygens (including phenoxy) is 1. The van der Waals surface area contributed by atoms with Crippen LogP contribution in [0.5, 0.6) is 5.75 Å². The van der Waals surface area contributed by atoms with Crippen molar-refractivity contribution in [2.75, 3.05) is 11.9 Å². The predicted octanol–water partition coefficient (Wildman–Crippen LogP) is 3.37. The van der Waals surface area contributed by atoms with Crippen LogP contribution in [0.25, 0.3) is 0 Å². The number of carbonyl (C=O) groups excluding carboxylic acids is 1. The molecule has 8 heteroatoms. The van der Waals surface area contributed by atoms with Gasteiger partial charge in [0.25, 0.3) is 5.69 Å². The third kappa shape index (κ3) is 3.57. The van der Waals surface area contributed by atoms with Gasteiger partial charge in [0, 0.05) is 18.2 Å². The molecule has 0 unspecified atom stereocenters. The van der Waals surface area contributed by atoms with Crippen molar-refractivity contribution < 1.29 is 14.5 Å². The van der Waals surface area contributed by atoms with E-state index in [-0.39, 0.29) is 16.8 Å². The first-order valence-electron chi connectivity index (χ1n) is 7.26. The SMILES string of the molecule is O=C(NC[C@@H]1Cc2ccccc2O1)Nc1ccc(Cl)c([N+](=O)[O-])c1. The summed E-state index contributed by atoms with van der Waals surface area (Å²) in [7, 11) is 0. The van der Waals surface area contributed by atoms with Gasteiger partial charge in [-0.3, -0.25) is 10.1 Å². The van der Waals surface area contributed by atoms with E-state index >= 15 is 0 Å². The summed E-state index contributed by atoms with van der Waals surface area (Å²) in [5.41, 5.74) is 1.14. The number of hydrogen-bond acceptors (Lipinski definition) is 4. The minimum Gasteiger partial charge on any atom is -0.488 e. The van der Waals surface area contributed by atoms with Crippen molar-refractivity contribution in [2.45, 2.75) is 12.5 Å². The molecule has 124 valence electrons. The minimum absolute atomic E-state index is 0.0167. The Morgan fingerprint density at radius 3 is 2.88 bits per heavy atom. The number of para-hydroxylation sites is 1. The molecule has 2 aromatic carbocycles. The van der Waals surface area contributed by atoms with Gasteiger partial charge in [0.05, 0.1) is 11.5 Å². The van der Waals surface area contributed by atoms with Crippen LogP contribution in [0.4, 0.5) is 16.2 Å². The van der Waals surface area contributed by atoms with Crippen LogP contribution >= 0.6 is 11.6 Å². The molecule has 0 bridgehead atoms. The van der Waals surface area contributed by atoms with Gasteiger partial charge in [-0.2, -0.15) is 0 Å². The van der Waals surface area contributed by atoms with E-state index < -0.39 is 11.0 Å². The fraction of sp³-hybridized carbons (Fsp3) is 0.188. The summed E-state index contributed by atoms with van der Waals surface area (Å²) >= 11 is 5.73. The molecular weight excluding hydrogens is 334 g/mol. The number of halogens is 1. The topological polar surface area (TPSA) is 93.5 Å². The summed E-state index contributed by atoms with van der Waals surface area (Å²) in [4.78, 5) is 22.2. The summed E-state index contributed by atoms with van der Waals surface area (Å²) in [5, 5.41) is 16.1. The Morgan fingerprint density at radius 1 is 1.33 bits per heavy atom. The Hall–Kier alpha value is -2.80. The van der Waals surface area contributed by atoms with Crippen molar-refractivity contribution in [2.24, 2.45) is 0 Å². The molecule has 7 nitrogen and oxygen atoms in total. The summed E-state index contributed by atoms with van der Waals surface area (Å²) in [6, 6.07) is 11.3. The van der Waals surface area contributed by atoms with Gasteiger partial charge in [-0.25, -0.2) is 4.79 Å². The van der Waals surface area contributed by atoms with E-state index in [4.69, 9.17) is 16.3 Å². The van der Waals surface area contributed by atoms with E-state index in [0.717, 1.165) is 17.7 Å². The standard InChI is InChI=1S/C16H14ClN3O4/c17-13-6-5-11(8-14(13)20(22)23)19-16(21)18-9-12-7-10-3-1-2-4-15(10)24-12/h1-6,8,12H,7,9H2,(H2,18,19,21)/t12-/m0/s1. The highest BCUT2D eigenvalue weighted by Crippen LogP contribution is 2.28. The van der Waals surface area contributed by atoms with Crippen molar-refractivity contribution in [3.05, 3.63) is 63.2 Å². The van der Waals surface area contributed by atoms with E-state index in [1.807, 2.05) is 24.3 Å². The first-order valence-corrected chi connectivity index (χ1v) is 7.64. The number of carbonyl (C=O) groups is 1. The second-order valence-corrected chi connectivity index (χ2v) is 5.72. The maximum Gasteiger partial charge on any atom is 0.319 e. The molecule has 24 heavy (non-hydrogen) atoms. The van der Waals surface area contributed by atoms with Crippen molar-refractivity contribution in [3.8, 4) is 5.75 Å². The fourth-order valence-electron chi connectivity index (χ4n) is 2.48. The van der Waals surface area contributed by atoms with E-state index in [1.165, 1.54) is 18.2 Å². The smallest absolute Gasteiger partial charge is 0.319 e. The van der Waals surface area contributed by atoms with Crippen LogP contribution in [0.2, 0.25) is 5.02 Å². The van der Waals surface area contributed by atoms with Crippen LogP contribution < -0.4 is 15.4 Å². The molecule has 2 amide bonds. The lowest BCUT2D eigenvalue weighted by atomic mass is 10.1. The zero-order chi connectivity index (χ0) is 17.1. The lowest BCUT2D eigenvalue weighted by Gasteiger charge is -2.12. The number of urea groups is 1. The van der Waals surface area contributed by atoms with Gasteiger partial charge in [-0.05, 0) is 23.8 Å². The number of nitrogens with zero attached hydrogens (tertiary/aromatic N) is 1. The zero-order valence-corrected chi connectivity index (χ0v) is 13.2. The summed E-state index contributed by atoms with van der Waals surface area (Å²) in [6.07, 6.45) is 0.593. The van der Waals surface area contributed by atoms with Gasteiger partial charge >= 0.3 is 6.03 Å². The van der Waals surface area contributed by atoms with E-state index in [1.54, 1.807) is 0 Å². The fourth-order valence-corrected chi connectivity index (χ4v) is 2.67. The van der Waals surface area contributed by atoms with Crippen LogP contribution in [-0.2, 0) is 6.42 Å². The second kappa shape index (κ2) is 6.76. The van der Waals surface area contributed by atoms with Gasteiger partial charge in [-0.15, -0.1) is 0 Å². The molecule has 0 aromatic heterocycles. The highest BCUT2D eigenvalue weighted by atomic mass is 35.5. The Balaban J connectivity index is 1.54. The minimum atomic E-state index is -0.602. The van der Waals surface area contributed by atoms with E-state index in [9.17, 15) is 14.9 Å². The largest absolute Gasteiger partial charge is 0.488 e. The van der Waals surface area contributed by atoms with E-state index in [2.05, 4.69) is 10.6 Å². The molecule has 0 spiro atoms. The third-order valence-corrected chi connectivity index (χ3v) is 3.92. The molecule has 1 aliphatic rings. The van der Waals surface area contributed by atoms with Crippen molar-refractivity contribution >= 4 is 29.0 Å². The molecule has 1 aliphatic heterocycles. The number of hydrogen-bond donors (Lipinski definition) is 2. The molecule has 1 atom stereocenters. The number of fused-ring (bicyclic) bond motifs is 1. The second-order valence-electron chi connectivity index (χ2n) is 5.31. The highest BCUT2D eigenvalue weighted by Gasteiger charge is 2.22. The maximum atomic E-state index is 11.9. The van der Waals surface area contributed by atoms with Crippen LogP contribution in [0.15, 0.2) is 42.5 Å². The number of nitro benzene ring substituents is 1. The van der Waals surface area contributed by atoms with Crippen molar-refractivity contribution in [1.29, 1.82) is 0 Å². The number of nitro groups is 1. The number of nitrogens with one attached hydrogen (secondary N) is 2. The average molecular weight is 348 g/mol. The molecule has 0 aliphatic carbocycles. The molecule has 0 fully saturated rings. The zero-order valence-electron chi connectivity index (χ0n) is 12.5. The van der Waals surface area contributed by atoms with E-state index in [0.29, 0.717) is 12.2 Å². The Labute approximate surface area is 142 Å². The van der Waals surface area contributed by atoms with Crippen LogP contribution in [0.1, 0.15) is 5.56 Å². The van der Waals surface area contributed by atoms with Gasteiger partial charge in [0.15, 0.2) is 0 Å². The average Bonchev–Trinajstić information content (AvgIpc) is 2.97. The summed E-state index contributed by atoms with van der Waals surface area (Å²) in [5.74, 6) is 0.832. The van der Waals surface area contributed by atoms with Crippen LogP contribution in [0, 0.1) is 10.1 Å². The molecule has 0 saturated heterocycles. The molecule has 1 heterocycles. The Morgan fingerprint density at radius 2 is 2.12 bits per heavy atom. The quantitative estimate of drug-likeness (QED) is 0.655. The lowest BCUT2D eigenvalue weighted by Crippen LogP contribution is -2.37. The molecule has 0 saturated carbocycles. The number of amides is 2. The Bertz CT molecular complexity index is 772. The van der Waals surface area contributed by atoms with Gasteiger partial charge in [0.1, 0.15) is 16.9 Å².